The molecule has 0 spiro atoms. The number of H-pyrrole nitrogens is 2. The number of aromatic nitrogens is 4. The highest BCUT2D eigenvalue weighted by molar-refractivity contribution is 7.22. The summed E-state index contributed by atoms with van der Waals surface area (Å²) in [5, 5.41) is 10.7. The van der Waals surface area contributed by atoms with Gasteiger partial charge in [0.05, 0.1) is 11.2 Å². The van der Waals surface area contributed by atoms with Crippen LogP contribution in [0.1, 0.15) is 42.3 Å². The van der Waals surface area contributed by atoms with Crippen molar-refractivity contribution in [1.29, 1.82) is 0 Å². The van der Waals surface area contributed by atoms with Crippen molar-refractivity contribution in [2.45, 2.75) is 38.0 Å². The first-order valence-corrected chi connectivity index (χ1v) is 9.42. The zero-order valence-electron chi connectivity index (χ0n) is 13.3. The highest BCUT2D eigenvalue weighted by atomic mass is 32.1. The molecule has 124 valence electrons. The molecule has 5 rings (SSSR count). The van der Waals surface area contributed by atoms with Gasteiger partial charge in [-0.05, 0) is 44.2 Å². The molecule has 1 atom stereocenters. The molecule has 7 heteroatoms. The van der Waals surface area contributed by atoms with E-state index in [0.717, 1.165) is 72.5 Å². The lowest BCUT2D eigenvalue weighted by atomic mass is 9.98. The van der Waals surface area contributed by atoms with E-state index in [1.54, 1.807) is 11.3 Å². The van der Waals surface area contributed by atoms with Gasteiger partial charge in [-0.3, -0.25) is 9.89 Å². The molecule has 24 heavy (non-hydrogen) atoms. The summed E-state index contributed by atoms with van der Waals surface area (Å²) in [6, 6.07) is 0. The van der Waals surface area contributed by atoms with Gasteiger partial charge in [-0.25, -0.2) is 4.98 Å². The number of aromatic amines is 2. The topological polar surface area (TPSA) is 86.5 Å². The van der Waals surface area contributed by atoms with Gasteiger partial charge < -0.3 is 10.3 Å². The van der Waals surface area contributed by atoms with Crippen molar-refractivity contribution in [3.8, 4) is 10.4 Å². The molecule has 4 heterocycles. The molecule has 0 saturated carbocycles. The molecule has 0 amide bonds. The van der Waals surface area contributed by atoms with E-state index in [4.69, 9.17) is 4.98 Å². The summed E-state index contributed by atoms with van der Waals surface area (Å²) in [6.07, 6.45) is 7.15. The minimum atomic E-state index is 0.00342. The van der Waals surface area contributed by atoms with E-state index < -0.39 is 0 Å². The Morgan fingerprint density at radius 3 is 3.08 bits per heavy atom. The summed E-state index contributed by atoms with van der Waals surface area (Å²) >= 11 is 1.56. The summed E-state index contributed by atoms with van der Waals surface area (Å²) in [6.45, 7) is 1.95. The van der Waals surface area contributed by atoms with Crippen molar-refractivity contribution < 1.29 is 0 Å². The molecule has 3 N–H and O–H groups in total. The lowest BCUT2D eigenvalue weighted by Gasteiger charge is -2.21. The molecule has 2 aliphatic rings. The van der Waals surface area contributed by atoms with Crippen LogP contribution < -0.4 is 10.9 Å². The van der Waals surface area contributed by atoms with Gasteiger partial charge in [0.15, 0.2) is 0 Å². The largest absolute Gasteiger partial charge is 0.316 e. The smallest absolute Gasteiger partial charge is 0.268 e. The van der Waals surface area contributed by atoms with Gasteiger partial charge >= 0.3 is 0 Å². The van der Waals surface area contributed by atoms with Crippen LogP contribution in [0.25, 0.3) is 20.7 Å². The highest BCUT2D eigenvalue weighted by Gasteiger charge is 2.25. The van der Waals surface area contributed by atoms with Crippen molar-refractivity contribution in [1.82, 2.24) is 25.5 Å². The Kier molecular flexibility index (Phi) is 3.31. The fourth-order valence-electron chi connectivity index (χ4n) is 3.92. The second kappa shape index (κ2) is 5.53. The Labute approximate surface area is 142 Å². The third-order valence-electron chi connectivity index (χ3n) is 5.15. The number of aryl methyl sites for hydroxylation is 2. The average Bonchev–Trinajstić information content (AvgIpc) is 3.17. The predicted molar refractivity (Wildman–Crippen MR) is 94.7 cm³/mol. The van der Waals surface area contributed by atoms with Crippen LogP contribution in [-0.4, -0.2) is 33.3 Å². The number of piperidine rings is 1. The first kappa shape index (κ1) is 14.4. The summed E-state index contributed by atoms with van der Waals surface area (Å²) in [4.78, 5) is 21.8. The molecule has 1 unspecified atom stereocenters. The van der Waals surface area contributed by atoms with E-state index in [1.807, 2.05) is 6.20 Å². The van der Waals surface area contributed by atoms with Gasteiger partial charge in [0.25, 0.3) is 5.56 Å². The molecule has 3 aromatic heterocycles. The number of thiophene rings is 1. The van der Waals surface area contributed by atoms with Crippen molar-refractivity contribution in [3.63, 3.8) is 0 Å². The standard InChI is InChI=1S/C17H19N5OS/c23-17-15-13(20-16(21-17)9-3-2-6-18-7-9)10-4-1-5-12-11(8-19-22-12)14(10)24-15/h8-9,18H,1-7H2,(H,19,22)(H,20,21,23). The Balaban J connectivity index is 1.71. The Hall–Kier alpha value is -1.99. The maximum Gasteiger partial charge on any atom is 0.268 e. The van der Waals surface area contributed by atoms with Gasteiger partial charge in [0.1, 0.15) is 10.5 Å². The molecule has 1 fully saturated rings. The van der Waals surface area contributed by atoms with Crippen LogP contribution >= 0.6 is 11.3 Å². The molecule has 0 bridgehead atoms. The zero-order chi connectivity index (χ0) is 16.1. The third-order valence-corrected chi connectivity index (χ3v) is 6.40. The van der Waals surface area contributed by atoms with Crippen molar-refractivity contribution in [2.75, 3.05) is 13.1 Å². The normalized spacial score (nSPS) is 20.6. The van der Waals surface area contributed by atoms with Crippen molar-refractivity contribution in [2.24, 2.45) is 0 Å². The van der Waals surface area contributed by atoms with E-state index in [1.165, 1.54) is 10.4 Å². The summed E-state index contributed by atoms with van der Waals surface area (Å²) < 4.78 is 0.751. The van der Waals surface area contributed by atoms with E-state index >= 15 is 0 Å². The second-order valence-corrected chi connectivity index (χ2v) is 7.70. The molecule has 0 radical (unpaired) electrons. The highest BCUT2D eigenvalue weighted by Crippen LogP contribution is 2.40. The molecule has 0 aromatic carbocycles. The van der Waals surface area contributed by atoms with E-state index in [2.05, 4.69) is 20.5 Å². The maximum absolute atomic E-state index is 12.7. The predicted octanol–water partition coefficient (Wildman–Crippen LogP) is 2.33. The monoisotopic (exact) mass is 341 g/mol. The van der Waals surface area contributed by atoms with Gasteiger partial charge in [-0.1, -0.05) is 0 Å². The average molecular weight is 341 g/mol. The Morgan fingerprint density at radius 2 is 2.21 bits per heavy atom. The van der Waals surface area contributed by atoms with E-state index in [-0.39, 0.29) is 5.56 Å². The minimum Gasteiger partial charge on any atom is -0.316 e. The van der Waals surface area contributed by atoms with E-state index in [9.17, 15) is 4.79 Å². The minimum absolute atomic E-state index is 0.00342. The maximum atomic E-state index is 12.7. The number of nitrogens with zero attached hydrogens (tertiary/aromatic N) is 2. The van der Waals surface area contributed by atoms with Gasteiger partial charge in [0, 0.05) is 29.1 Å². The Bertz CT molecular complexity index is 963. The van der Waals surface area contributed by atoms with Crippen LogP contribution in [0, 0.1) is 0 Å². The van der Waals surface area contributed by atoms with Crippen LogP contribution in [0.5, 0.6) is 0 Å². The van der Waals surface area contributed by atoms with Gasteiger partial charge in [0.2, 0.25) is 0 Å². The molecule has 1 aliphatic carbocycles. The first-order chi connectivity index (χ1) is 11.8. The van der Waals surface area contributed by atoms with Crippen LogP contribution in [0.15, 0.2) is 11.0 Å². The lowest BCUT2D eigenvalue weighted by molar-refractivity contribution is 0.447. The number of fused-ring (bicyclic) bond motifs is 5. The second-order valence-electron chi connectivity index (χ2n) is 6.68. The molecular formula is C17H19N5OS. The molecule has 1 aliphatic heterocycles. The van der Waals surface area contributed by atoms with Crippen LogP contribution in [0.3, 0.4) is 0 Å². The number of rotatable bonds is 1. The van der Waals surface area contributed by atoms with Gasteiger partial charge in [-0.2, -0.15) is 5.10 Å². The van der Waals surface area contributed by atoms with Crippen LogP contribution in [0.4, 0.5) is 0 Å². The van der Waals surface area contributed by atoms with Gasteiger partial charge in [-0.15, -0.1) is 11.3 Å². The molecule has 6 nitrogen and oxygen atoms in total. The molecule has 1 saturated heterocycles. The number of hydrogen-bond acceptors (Lipinski definition) is 5. The Morgan fingerprint density at radius 1 is 1.25 bits per heavy atom. The number of nitrogens with one attached hydrogen (secondary N) is 3. The SMILES string of the molecule is O=c1[nH]c(C2CCCNC2)nc2c3c(sc12)-c1c[nH]nc1CCC3. The van der Waals surface area contributed by atoms with Crippen molar-refractivity contribution in [3.05, 3.63) is 33.6 Å². The quantitative estimate of drug-likeness (QED) is 0.634. The summed E-state index contributed by atoms with van der Waals surface area (Å²) in [5.41, 5.74) is 4.39. The summed E-state index contributed by atoms with van der Waals surface area (Å²) in [7, 11) is 0. The first-order valence-electron chi connectivity index (χ1n) is 8.60. The van der Waals surface area contributed by atoms with Crippen LogP contribution in [-0.2, 0) is 12.8 Å². The summed E-state index contributed by atoms with van der Waals surface area (Å²) in [5.74, 6) is 1.15. The molecule has 3 aromatic rings. The fraction of sp³-hybridized carbons (Fsp3) is 0.471. The number of hydrogen-bond donors (Lipinski definition) is 3. The lowest BCUT2D eigenvalue weighted by Crippen LogP contribution is -2.30. The zero-order valence-corrected chi connectivity index (χ0v) is 14.1. The van der Waals surface area contributed by atoms with Crippen molar-refractivity contribution >= 4 is 21.6 Å². The molecular weight excluding hydrogens is 322 g/mol. The van der Waals surface area contributed by atoms with E-state index in [0.29, 0.717) is 5.92 Å². The fourth-order valence-corrected chi connectivity index (χ4v) is 5.14. The van der Waals surface area contributed by atoms with Crippen LogP contribution in [0.2, 0.25) is 0 Å². The third kappa shape index (κ3) is 2.15.